The van der Waals surface area contributed by atoms with E-state index < -0.39 is 0 Å². The maximum atomic E-state index is 12.8. The second kappa shape index (κ2) is 9.56. The minimum atomic E-state index is -0.132. The van der Waals surface area contributed by atoms with Crippen molar-refractivity contribution < 1.29 is 4.79 Å². The van der Waals surface area contributed by atoms with E-state index >= 15 is 0 Å². The molecule has 7 nitrogen and oxygen atoms in total. The van der Waals surface area contributed by atoms with E-state index in [1.54, 1.807) is 17.5 Å². The molecule has 166 valence electrons. The quantitative estimate of drug-likeness (QED) is 0.368. The number of nitrogens with one attached hydrogen (secondary N) is 2. The fraction of sp³-hybridized carbons (Fsp3) is 0.545. The predicted molar refractivity (Wildman–Crippen MR) is 127 cm³/mol. The van der Waals surface area contributed by atoms with Crippen molar-refractivity contribution in [2.24, 2.45) is 5.92 Å². The molecule has 4 rings (SSSR count). The zero-order valence-corrected chi connectivity index (χ0v) is 19.9. The highest BCUT2D eigenvalue weighted by molar-refractivity contribution is 7.99. The SMILES string of the molecule is CCC(C)Cc1c(C)sc2nc(SCC(=O)Nc3ccnn3C3CCCC3)[nH]c(=O)c12. The number of aromatic amines is 1. The summed E-state index contributed by atoms with van der Waals surface area (Å²) in [5, 5.41) is 8.53. The number of thiophene rings is 1. The summed E-state index contributed by atoms with van der Waals surface area (Å²) in [6.45, 7) is 6.42. The Labute approximate surface area is 190 Å². The molecule has 0 bridgehead atoms. The molecule has 0 spiro atoms. The summed E-state index contributed by atoms with van der Waals surface area (Å²) in [6, 6.07) is 2.20. The summed E-state index contributed by atoms with van der Waals surface area (Å²) < 4.78 is 1.93. The first-order valence-corrected chi connectivity index (χ1v) is 12.7. The molecular weight excluding hydrogens is 430 g/mol. The van der Waals surface area contributed by atoms with Crippen LogP contribution < -0.4 is 10.9 Å². The molecule has 1 fully saturated rings. The van der Waals surface area contributed by atoms with Gasteiger partial charge >= 0.3 is 0 Å². The molecule has 3 aromatic rings. The molecule has 31 heavy (non-hydrogen) atoms. The fourth-order valence-electron chi connectivity index (χ4n) is 4.13. The topological polar surface area (TPSA) is 92.7 Å². The van der Waals surface area contributed by atoms with E-state index in [1.165, 1.54) is 24.6 Å². The van der Waals surface area contributed by atoms with Crippen LogP contribution >= 0.6 is 23.1 Å². The zero-order chi connectivity index (χ0) is 22.0. The van der Waals surface area contributed by atoms with Crippen molar-refractivity contribution in [3.63, 3.8) is 0 Å². The summed E-state index contributed by atoms with van der Waals surface area (Å²) in [7, 11) is 0. The average Bonchev–Trinajstić information content (AvgIpc) is 3.47. The van der Waals surface area contributed by atoms with Gasteiger partial charge in [-0.1, -0.05) is 44.9 Å². The van der Waals surface area contributed by atoms with Gasteiger partial charge < -0.3 is 10.3 Å². The number of hydrogen-bond acceptors (Lipinski definition) is 6. The summed E-state index contributed by atoms with van der Waals surface area (Å²) in [5.74, 6) is 1.30. The molecule has 1 atom stereocenters. The smallest absolute Gasteiger partial charge is 0.260 e. The van der Waals surface area contributed by atoms with Gasteiger partial charge in [-0.05, 0) is 37.7 Å². The predicted octanol–water partition coefficient (Wildman–Crippen LogP) is 4.92. The molecular formula is C22H29N5O2S2. The van der Waals surface area contributed by atoms with Gasteiger partial charge in [0.25, 0.3) is 5.56 Å². The monoisotopic (exact) mass is 459 g/mol. The lowest BCUT2D eigenvalue weighted by molar-refractivity contribution is -0.113. The Kier molecular flexibility index (Phi) is 6.81. The maximum Gasteiger partial charge on any atom is 0.260 e. The van der Waals surface area contributed by atoms with Crippen LogP contribution in [0, 0.1) is 12.8 Å². The van der Waals surface area contributed by atoms with Gasteiger partial charge in [0.05, 0.1) is 23.4 Å². The summed E-state index contributed by atoms with van der Waals surface area (Å²) >= 11 is 2.81. The van der Waals surface area contributed by atoms with Crippen molar-refractivity contribution in [1.29, 1.82) is 0 Å². The van der Waals surface area contributed by atoms with Crippen molar-refractivity contribution in [2.75, 3.05) is 11.1 Å². The number of fused-ring (bicyclic) bond motifs is 1. The highest BCUT2D eigenvalue weighted by Gasteiger charge is 2.21. The van der Waals surface area contributed by atoms with Crippen molar-refractivity contribution in [1.82, 2.24) is 19.7 Å². The number of hydrogen-bond donors (Lipinski definition) is 2. The minimum absolute atomic E-state index is 0.116. The zero-order valence-electron chi connectivity index (χ0n) is 18.2. The summed E-state index contributed by atoms with van der Waals surface area (Å²) in [5.41, 5.74) is 0.993. The van der Waals surface area contributed by atoms with Gasteiger partial charge in [-0.2, -0.15) is 5.10 Å². The third-order valence-electron chi connectivity index (χ3n) is 6.04. The van der Waals surface area contributed by atoms with Crippen LogP contribution in [-0.2, 0) is 11.2 Å². The number of aromatic nitrogens is 4. The van der Waals surface area contributed by atoms with Crippen LogP contribution in [0.25, 0.3) is 10.2 Å². The number of carbonyl (C=O) groups is 1. The number of carbonyl (C=O) groups excluding carboxylic acids is 1. The molecule has 9 heteroatoms. The number of nitrogens with zero attached hydrogens (tertiary/aromatic N) is 3. The van der Waals surface area contributed by atoms with Gasteiger partial charge in [0.15, 0.2) is 5.16 Å². The number of thioether (sulfide) groups is 1. The summed E-state index contributed by atoms with van der Waals surface area (Å²) in [6.07, 6.45) is 8.30. The van der Waals surface area contributed by atoms with Crippen molar-refractivity contribution in [2.45, 2.75) is 70.5 Å². The van der Waals surface area contributed by atoms with Crippen LogP contribution in [0.5, 0.6) is 0 Å². The van der Waals surface area contributed by atoms with Crippen LogP contribution in [0.2, 0.25) is 0 Å². The van der Waals surface area contributed by atoms with Crippen LogP contribution in [0.4, 0.5) is 5.82 Å². The minimum Gasteiger partial charge on any atom is -0.310 e. The van der Waals surface area contributed by atoms with Gasteiger partial charge in [0.2, 0.25) is 5.91 Å². The Hall–Kier alpha value is -2.13. The van der Waals surface area contributed by atoms with E-state index in [0.717, 1.165) is 46.8 Å². The fourth-order valence-corrected chi connectivity index (χ4v) is 5.90. The van der Waals surface area contributed by atoms with Gasteiger partial charge in [0, 0.05) is 10.9 Å². The molecule has 2 N–H and O–H groups in total. The Morgan fingerprint density at radius 1 is 1.42 bits per heavy atom. The van der Waals surface area contributed by atoms with E-state index in [4.69, 9.17) is 0 Å². The van der Waals surface area contributed by atoms with E-state index in [-0.39, 0.29) is 17.2 Å². The lowest BCUT2D eigenvalue weighted by atomic mass is 9.98. The van der Waals surface area contributed by atoms with E-state index in [2.05, 4.69) is 41.2 Å². The lowest BCUT2D eigenvalue weighted by Crippen LogP contribution is -2.19. The molecule has 0 radical (unpaired) electrons. The van der Waals surface area contributed by atoms with E-state index in [9.17, 15) is 9.59 Å². The Balaban J connectivity index is 1.44. The molecule has 1 saturated carbocycles. The largest absolute Gasteiger partial charge is 0.310 e. The average molecular weight is 460 g/mol. The van der Waals surface area contributed by atoms with Gasteiger partial charge in [-0.25, -0.2) is 9.67 Å². The molecule has 1 aliphatic carbocycles. The van der Waals surface area contributed by atoms with Crippen LogP contribution in [-0.4, -0.2) is 31.4 Å². The first kappa shape index (κ1) is 22.1. The van der Waals surface area contributed by atoms with Crippen molar-refractivity contribution >= 4 is 45.0 Å². The normalized spacial score (nSPS) is 15.6. The van der Waals surface area contributed by atoms with Crippen LogP contribution in [0.3, 0.4) is 0 Å². The van der Waals surface area contributed by atoms with Gasteiger partial charge in [-0.3, -0.25) is 9.59 Å². The third kappa shape index (κ3) is 4.87. The second-order valence-corrected chi connectivity index (χ2v) is 10.5. The Morgan fingerprint density at radius 2 is 2.19 bits per heavy atom. The number of H-pyrrole nitrogens is 1. The molecule has 1 amide bonds. The van der Waals surface area contributed by atoms with Crippen LogP contribution in [0.1, 0.15) is 62.4 Å². The Morgan fingerprint density at radius 3 is 2.94 bits per heavy atom. The number of amides is 1. The van der Waals surface area contributed by atoms with Crippen LogP contribution in [0.15, 0.2) is 22.2 Å². The first-order valence-electron chi connectivity index (χ1n) is 10.9. The molecule has 1 aliphatic rings. The number of aryl methyl sites for hydroxylation is 1. The number of rotatable bonds is 8. The van der Waals surface area contributed by atoms with Crippen molar-refractivity contribution in [3.8, 4) is 0 Å². The Bertz CT molecular complexity index is 1130. The second-order valence-electron chi connectivity index (χ2n) is 8.34. The highest BCUT2D eigenvalue weighted by atomic mass is 32.2. The first-order chi connectivity index (χ1) is 15.0. The number of anilines is 1. The molecule has 0 aromatic carbocycles. The molecule has 3 aromatic heterocycles. The van der Waals surface area contributed by atoms with Gasteiger partial charge in [0.1, 0.15) is 10.6 Å². The van der Waals surface area contributed by atoms with Gasteiger partial charge in [-0.15, -0.1) is 11.3 Å². The molecule has 0 aliphatic heterocycles. The third-order valence-corrected chi connectivity index (χ3v) is 7.95. The molecule has 3 heterocycles. The van der Waals surface area contributed by atoms with E-state index in [0.29, 0.717) is 22.5 Å². The lowest BCUT2D eigenvalue weighted by Gasteiger charge is -2.14. The summed E-state index contributed by atoms with van der Waals surface area (Å²) in [4.78, 5) is 34.7. The highest BCUT2D eigenvalue weighted by Crippen LogP contribution is 2.32. The maximum absolute atomic E-state index is 12.8. The van der Waals surface area contributed by atoms with E-state index in [1.807, 2.05) is 10.7 Å². The molecule has 1 unspecified atom stereocenters. The van der Waals surface area contributed by atoms with Crippen molar-refractivity contribution in [3.05, 3.63) is 33.1 Å². The molecule has 0 saturated heterocycles. The standard InChI is InChI=1S/C22H29N5O2S2/c1-4-13(2)11-16-14(3)31-21-19(16)20(29)25-22(26-21)30-12-18(28)24-17-9-10-23-27(17)15-7-5-6-8-15/h9-10,13,15H,4-8,11-12H2,1-3H3,(H,24,28)(H,25,26,29).